The van der Waals surface area contributed by atoms with E-state index >= 15 is 0 Å². The number of benzene rings is 1. The monoisotopic (exact) mass is 428 g/mol. The summed E-state index contributed by atoms with van der Waals surface area (Å²) in [6.07, 6.45) is 5.90. The van der Waals surface area contributed by atoms with Crippen LogP contribution in [0.4, 0.5) is 4.39 Å². The van der Waals surface area contributed by atoms with Crippen LogP contribution in [0.25, 0.3) is 0 Å². The zero-order valence-electron chi connectivity index (χ0n) is 18.4. The van der Waals surface area contributed by atoms with Gasteiger partial charge < -0.3 is 19.9 Å². The van der Waals surface area contributed by atoms with Gasteiger partial charge in [-0.1, -0.05) is 12.1 Å². The topological polar surface area (TPSA) is 67.7 Å². The van der Waals surface area contributed by atoms with Crippen molar-refractivity contribution in [2.24, 2.45) is 10.9 Å². The molecule has 0 spiro atoms. The molecule has 0 saturated heterocycles. The molecule has 2 N–H and O–H groups in total. The molecule has 0 aliphatic heterocycles. The van der Waals surface area contributed by atoms with E-state index in [-0.39, 0.29) is 17.4 Å². The van der Waals surface area contributed by atoms with Crippen LogP contribution < -0.4 is 20.9 Å². The van der Waals surface area contributed by atoms with E-state index in [0.717, 1.165) is 24.9 Å². The largest absolute Gasteiger partial charge is 0.490 e. The van der Waals surface area contributed by atoms with Crippen LogP contribution >= 0.6 is 0 Å². The highest BCUT2D eigenvalue weighted by molar-refractivity contribution is 5.80. The number of nitrogens with zero attached hydrogens (tertiary/aromatic N) is 2. The third-order valence-corrected chi connectivity index (χ3v) is 5.30. The average Bonchev–Trinajstić information content (AvgIpc) is 3.58. The van der Waals surface area contributed by atoms with Gasteiger partial charge in [-0.2, -0.15) is 0 Å². The molecule has 2 aromatic rings. The van der Waals surface area contributed by atoms with Crippen molar-refractivity contribution in [3.8, 4) is 5.75 Å². The fourth-order valence-corrected chi connectivity index (χ4v) is 3.23. The number of guanidine groups is 1. The van der Waals surface area contributed by atoms with E-state index in [0.29, 0.717) is 37.3 Å². The van der Waals surface area contributed by atoms with E-state index in [1.807, 2.05) is 26.0 Å². The lowest BCUT2D eigenvalue weighted by Gasteiger charge is -2.19. The highest BCUT2D eigenvalue weighted by Gasteiger charge is 2.22. The lowest BCUT2D eigenvalue weighted by Crippen LogP contribution is -2.38. The standard InChI is InChI=1S/C24H33FN4O2/c1-3-26-24(27-13-5-7-15-29-14-6-4-8-23(29)30)28-18(2)20-11-12-22(21(25)16-20)31-17-19-9-10-19/h4,6,8,11-12,14,16,18-19H,3,5,7,9-10,13,15,17H2,1-2H3,(H2,26,27,28). The number of aliphatic imine (C=N–C) groups is 1. The Morgan fingerprint density at radius 2 is 2.13 bits per heavy atom. The number of aryl methyl sites for hydroxylation is 1. The van der Waals surface area contributed by atoms with Gasteiger partial charge in [0.2, 0.25) is 5.56 Å². The van der Waals surface area contributed by atoms with Crippen molar-refractivity contribution < 1.29 is 9.13 Å². The van der Waals surface area contributed by atoms with Crippen molar-refractivity contribution in [1.82, 2.24) is 15.2 Å². The maximum atomic E-state index is 14.4. The minimum atomic E-state index is -0.329. The molecule has 6 nitrogen and oxygen atoms in total. The molecule has 0 bridgehead atoms. The average molecular weight is 429 g/mol. The van der Waals surface area contributed by atoms with Crippen molar-refractivity contribution in [2.45, 2.75) is 52.1 Å². The summed E-state index contributed by atoms with van der Waals surface area (Å²) in [7, 11) is 0. The van der Waals surface area contributed by atoms with Crippen LogP contribution in [0.5, 0.6) is 5.75 Å². The van der Waals surface area contributed by atoms with Gasteiger partial charge in [0.05, 0.1) is 12.6 Å². The molecule has 31 heavy (non-hydrogen) atoms. The fraction of sp³-hybridized carbons (Fsp3) is 0.500. The van der Waals surface area contributed by atoms with E-state index in [1.165, 1.54) is 18.9 Å². The number of aromatic nitrogens is 1. The highest BCUT2D eigenvalue weighted by atomic mass is 19.1. The van der Waals surface area contributed by atoms with E-state index < -0.39 is 0 Å². The second kappa shape index (κ2) is 11.5. The molecule has 168 valence electrons. The SMILES string of the molecule is CCNC(=NCCCCn1ccccc1=O)NC(C)c1ccc(OCC2CC2)c(F)c1. The number of hydrogen-bond acceptors (Lipinski definition) is 3. The van der Waals surface area contributed by atoms with Crippen LogP contribution in [0.3, 0.4) is 0 Å². The molecule has 1 heterocycles. The summed E-state index contributed by atoms with van der Waals surface area (Å²) in [6, 6.07) is 10.2. The predicted molar refractivity (Wildman–Crippen MR) is 122 cm³/mol. The zero-order chi connectivity index (χ0) is 22.1. The van der Waals surface area contributed by atoms with Gasteiger partial charge in [0.15, 0.2) is 17.5 Å². The molecule has 1 fully saturated rings. The van der Waals surface area contributed by atoms with Crippen LogP contribution in [0.2, 0.25) is 0 Å². The smallest absolute Gasteiger partial charge is 0.250 e. The van der Waals surface area contributed by atoms with Gasteiger partial charge in [-0.25, -0.2) is 4.39 Å². The van der Waals surface area contributed by atoms with Gasteiger partial charge in [0.25, 0.3) is 0 Å². The molecule has 1 atom stereocenters. The molecule has 1 aromatic carbocycles. The molecule has 1 saturated carbocycles. The lowest BCUT2D eigenvalue weighted by molar-refractivity contribution is 0.285. The van der Waals surface area contributed by atoms with Crippen molar-refractivity contribution in [3.05, 3.63) is 64.3 Å². The molecular weight excluding hydrogens is 395 g/mol. The Kier molecular flexibility index (Phi) is 8.50. The van der Waals surface area contributed by atoms with Gasteiger partial charge in [0, 0.05) is 31.9 Å². The number of nitrogens with one attached hydrogen (secondary N) is 2. The molecule has 1 aliphatic rings. The Hall–Kier alpha value is -2.83. The van der Waals surface area contributed by atoms with Crippen molar-refractivity contribution in [3.63, 3.8) is 0 Å². The zero-order valence-corrected chi connectivity index (χ0v) is 18.4. The minimum absolute atomic E-state index is 0.0195. The number of pyridine rings is 1. The molecule has 3 rings (SSSR count). The summed E-state index contributed by atoms with van der Waals surface area (Å²) in [5.74, 6) is 1.28. The van der Waals surface area contributed by atoms with Gasteiger partial charge in [-0.05, 0) is 69.2 Å². The number of hydrogen-bond donors (Lipinski definition) is 2. The maximum Gasteiger partial charge on any atom is 0.250 e. The third kappa shape index (κ3) is 7.42. The summed E-state index contributed by atoms with van der Waals surface area (Å²) in [4.78, 5) is 16.3. The molecule has 0 amide bonds. The summed E-state index contributed by atoms with van der Waals surface area (Å²) in [5.41, 5.74) is 0.858. The van der Waals surface area contributed by atoms with Crippen molar-refractivity contribution in [1.29, 1.82) is 0 Å². The Morgan fingerprint density at radius 3 is 2.84 bits per heavy atom. The first-order chi connectivity index (χ1) is 15.1. The van der Waals surface area contributed by atoms with E-state index in [1.54, 1.807) is 29.0 Å². The van der Waals surface area contributed by atoms with Crippen LogP contribution in [-0.2, 0) is 6.54 Å². The third-order valence-electron chi connectivity index (χ3n) is 5.30. The molecule has 0 radical (unpaired) electrons. The maximum absolute atomic E-state index is 14.4. The number of rotatable bonds is 11. The quantitative estimate of drug-likeness (QED) is 0.324. The van der Waals surface area contributed by atoms with Crippen LogP contribution in [0, 0.1) is 11.7 Å². The Balaban J connectivity index is 1.49. The normalized spacial score (nSPS) is 14.9. The Bertz CT molecular complexity index is 924. The summed E-state index contributed by atoms with van der Waals surface area (Å²) >= 11 is 0. The summed E-state index contributed by atoms with van der Waals surface area (Å²) in [5, 5.41) is 6.57. The fourth-order valence-electron chi connectivity index (χ4n) is 3.23. The van der Waals surface area contributed by atoms with Crippen LogP contribution in [-0.4, -0.2) is 30.2 Å². The second-order valence-electron chi connectivity index (χ2n) is 8.01. The second-order valence-corrected chi connectivity index (χ2v) is 8.01. The van der Waals surface area contributed by atoms with E-state index in [4.69, 9.17) is 4.74 Å². The van der Waals surface area contributed by atoms with Crippen LogP contribution in [0.1, 0.15) is 51.1 Å². The lowest BCUT2D eigenvalue weighted by atomic mass is 10.1. The van der Waals surface area contributed by atoms with Gasteiger partial charge in [-0.15, -0.1) is 0 Å². The minimum Gasteiger partial charge on any atom is -0.490 e. The molecule has 1 aliphatic carbocycles. The molecular formula is C24H33FN4O2. The first-order valence-corrected chi connectivity index (χ1v) is 11.2. The highest BCUT2D eigenvalue weighted by Crippen LogP contribution is 2.30. The van der Waals surface area contributed by atoms with Gasteiger partial charge >= 0.3 is 0 Å². The van der Waals surface area contributed by atoms with Gasteiger partial charge in [0.1, 0.15) is 0 Å². The summed E-state index contributed by atoms with van der Waals surface area (Å²) < 4.78 is 21.7. The number of unbranched alkanes of at least 4 members (excludes halogenated alkanes) is 1. The predicted octanol–water partition coefficient (Wildman–Crippen LogP) is 3.87. The first-order valence-electron chi connectivity index (χ1n) is 11.2. The molecule has 7 heteroatoms. The molecule has 1 aromatic heterocycles. The van der Waals surface area contributed by atoms with Crippen LogP contribution in [0.15, 0.2) is 52.4 Å². The first kappa shape index (κ1) is 22.8. The Labute approximate surface area is 183 Å². The van der Waals surface area contributed by atoms with Gasteiger partial charge in [-0.3, -0.25) is 9.79 Å². The van der Waals surface area contributed by atoms with E-state index in [2.05, 4.69) is 15.6 Å². The van der Waals surface area contributed by atoms with Crippen molar-refractivity contribution >= 4 is 5.96 Å². The molecule has 1 unspecified atom stereocenters. The van der Waals surface area contributed by atoms with Crippen molar-refractivity contribution in [2.75, 3.05) is 19.7 Å². The number of ether oxygens (including phenoxy) is 1. The Morgan fingerprint density at radius 1 is 1.29 bits per heavy atom. The van der Waals surface area contributed by atoms with E-state index in [9.17, 15) is 9.18 Å². The summed E-state index contributed by atoms with van der Waals surface area (Å²) in [6.45, 7) is 6.65. The number of halogens is 1.